The van der Waals surface area contributed by atoms with Crippen molar-refractivity contribution in [1.29, 1.82) is 0 Å². The van der Waals surface area contributed by atoms with E-state index in [1.54, 1.807) is 25.3 Å². The number of thioether (sulfide) groups is 1. The van der Waals surface area contributed by atoms with Gasteiger partial charge in [-0.2, -0.15) is 4.98 Å². The standard InChI is InChI=1S/C16H19N7O3S/c1-25-10-4-3-8(5-11(10)26-2)21-14(24)9(17)6-27-15-12-13(20-7-19-12)22-16(18)23-15/h3-5,7,9H,6,17H2,1-2H3,(H,21,24)(H3,18,19,20,22,23)/t9-/m0/s1. The van der Waals surface area contributed by atoms with Crippen LogP contribution in [0, 0.1) is 0 Å². The number of nitrogens with zero attached hydrogens (tertiary/aromatic N) is 3. The average molecular weight is 389 g/mol. The maximum atomic E-state index is 12.4. The van der Waals surface area contributed by atoms with Crippen molar-refractivity contribution in [2.45, 2.75) is 11.1 Å². The Labute approximate surface area is 159 Å². The number of aromatic amines is 1. The summed E-state index contributed by atoms with van der Waals surface area (Å²) in [5.41, 5.74) is 13.4. The largest absolute Gasteiger partial charge is 0.493 e. The Bertz CT molecular complexity index is 962. The molecule has 142 valence electrons. The Hall–Kier alpha value is -3.05. The molecule has 0 unspecified atom stereocenters. The molecule has 0 bridgehead atoms. The Morgan fingerprint density at radius 1 is 1.30 bits per heavy atom. The number of aromatic nitrogens is 4. The molecule has 0 saturated heterocycles. The Balaban J connectivity index is 1.65. The van der Waals surface area contributed by atoms with E-state index in [0.29, 0.717) is 39.1 Å². The lowest BCUT2D eigenvalue weighted by molar-refractivity contribution is -0.116. The quantitative estimate of drug-likeness (QED) is 0.342. The molecule has 0 fully saturated rings. The molecule has 2 aromatic heterocycles. The van der Waals surface area contributed by atoms with Gasteiger partial charge in [-0.25, -0.2) is 9.97 Å². The van der Waals surface area contributed by atoms with Crippen molar-refractivity contribution in [2.75, 3.05) is 31.0 Å². The molecule has 1 atom stereocenters. The first-order valence-electron chi connectivity index (χ1n) is 7.89. The van der Waals surface area contributed by atoms with Crippen LogP contribution in [0.15, 0.2) is 29.6 Å². The molecule has 11 heteroatoms. The first-order valence-corrected chi connectivity index (χ1v) is 8.88. The van der Waals surface area contributed by atoms with Crippen LogP contribution in [-0.4, -0.2) is 51.9 Å². The van der Waals surface area contributed by atoms with Gasteiger partial charge in [-0.05, 0) is 12.1 Å². The number of rotatable bonds is 7. The van der Waals surface area contributed by atoms with Crippen LogP contribution < -0.4 is 26.3 Å². The number of benzene rings is 1. The number of nitrogens with two attached hydrogens (primary N) is 2. The summed E-state index contributed by atoms with van der Waals surface area (Å²) in [6, 6.07) is 4.30. The van der Waals surface area contributed by atoms with E-state index in [9.17, 15) is 4.79 Å². The van der Waals surface area contributed by atoms with E-state index in [1.165, 1.54) is 25.2 Å². The van der Waals surface area contributed by atoms with Gasteiger partial charge in [0.2, 0.25) is 11.9 Å². The highest BCUT2D eigenvalue weighted by molar-refractivity contribution is 7.99. The van der Waals surface area contributed by atoms with E-state index in [4.69, 9.17) is 20.9 Å². The topological polar surface area (TPSA) is 154 Å². The molecule has 1 aromatic carbocycles. The molecule has 27 heavy (non-hydrogen) atoms. The zero-order valence-corrected chi connectivity index (χ0v) is 15.5. The maximum Gasteiger partial charge on any atom is 0.242 e. The minimum absolute atomic E-state index is 0.112. The van der Waals surface area contributed by atoms with Crippen molar-refractivity contribution >= 4 is 40.5 Å². The van der Waals surface area contributed by atoms with Crippen molar-refractivity contribution < 1.29 is 14.3 Å². The third-order valence-electron chi connectivity index (χ3n) is 3.66. The molecule has 0 spiro atoms. The molecular formula is C16H19N7O3S. The van der Waals surface area contributed by atoms with Crippen LogP contribution in [0.2, 0.25) is 0 Å². The predicted molar refractivity (Wildman–Crippen MR) is 103 cm³/mol. The summed E-state index contributed by atoms with van der Waals surface area (Å²) >= 11 is 1.30. The third-order valence-corrected chi connectivity index (χ3v) is 4.75. The van der Waals surface area contributed by atoms with Gasteiger partial charge in [0.1, 0.15) is 10.5 Å². The summed E-state index contributed by atoms with van der Waals surface area (Å²) in [7, 11) is 3.06. The first-order chi connectivity index (χ1) is 13.0. The Morgan fingerprint density at radius 2 is 2.07 bits per heavy atom. The highest BCUT2D eigenvalue weighted by Crippen LogP contribution is 2.30. The van der Waals surface area contributed by atoms with Crippen LogP contribution in [0.1, 0.15) is 0 Å². The minimum atomic E-state index is -0.766. The number of nitrogen functional groups attached to an aromatic ring is 1. The molecule has 10 nitrogen and oxygen atoms in total. The second-order valence-corrected chi connectivity index (χ2v) is 6.47. The fourth-order valence-corrected chi connectivity index (χ4v) is 3.26. The van der Waals surface area contributed by atoms with E-state index in [-0.39, 0.29) is 11.9 Å². The lowest BCUT2D eigenvalue weighted by Crippen LogP contribution is -2.37. The van der Waals surface area contributed by atoms with E-state index >= 15 is 0 Å². The first kappa shape index (κ1) is 18.7. The number of H-pyrrole nitrogens is 1. The number of carbonyl (C=O) groups excluding carboxylic acids is 1. The Morgan fingerprint density at radius 3 is 2.81 bits per heavy atom. The van der Waals surface area contributed by atoms with Gasteiger partial charge in [0.05, 0.1) is 26.6 Å². The highest BCUT2D eigenvalue weighted by Gasteiger charge is 2.17. The summed E-state index contributed by atoms with van der Waals surface area (Å²) in [6.07, 6.45) is 1.51. The number of anilines is 2. The van der Waals surface area contributed by atoms with Crippen molar-refractivity contribution in [3.8, 4) is 11.5 Å². The lowest BCUT2D eigenvalue weighted by Gasteiger charge is -2.14. The smallest absolute Gasteiger partial charge is 0.242 e. The van der Waals surface area contributed by atoms with Crippen LogP contribution in [-0.2, 0) is 4.79 Å². The van der Waals surface area contributed by atoms with Gasteiger partial charge in [-0.1, -0.05) is 0 Å². The van der Waals surface area contributed by atoms with E-state index in [0.717, 1.165) is 0 Å². The van der Waals surface area contributed by atoms with E-state index in [1.807, 2.05) is 0 Å². The van der Waals surface area contributed by atoms with Crippen LogP contribution in [0.25, 0.3) is 11.2 Å². The van der Waals surface area contributed by atoms with Gasteiger partial charge in [-0.15, -0.1) is 11.8 Å². The average Bonchev–Trinajstić information content (AvgIpc) is 3.13. The number of nitrogens with one attached hydrogen (secondary N) is 2. The van der Waals surface area contributed by atoms with Gasteiger partial charge in [0.25, 0.3) is 0 Å². The number of methoxy groups -OCH3 is 2. The van der Waals surface area contributed by atoms with Crippen LogP contribution in [0.5, 0.6) is 11.5 Å². The molecule has 6 N–H and O–H groups in total. The number of fused-ring (bicyclic) bond motifs is 1. The number of imidazole rings is 1. The van der Waals surface area contributed by atoms with Crippen molar-refractivity contribution in [3.63, 3.8) is 0 Å². The molecular weight excluding hydrogens is 370 g/mol. The number of ether oxygens (including phenoxy) is 2. The summed E-state index contributed by atoms with van der Waals surface area (Å²) < 4.78 is 10.4. The van der Waals surface area contributed by atoms with E-state index in [2.05, 4.69) is 25.3 Å². The second kappa shape index (κ2) is 8.10. The molecule has 1 amide bonds. The number of carbonyl (C=O) groups is 1. The minimum Gasteiger partial charge on any atom is -0.493 e. The van der Waals surface area contributed by atoms with Crippen LogP contribution >= 0.6 is 11.8 Å². The van der Waals surface area contributed by atoms with Gasteiger partial charge in [0, 0.05) is 17.5 Å². The molecule has 0 aliphatic heterocycles. The normalized spacial score (nSPS) is 12.0. The molecule has 0 aliphatic rings. The monoisotopic (exact) mass is 389 g/mol. The number of hydrogen-bond acceptors (Lipinski definition) is 9. The van der Waals surface area contributed by atoms with E-state index < -0.39 is 6.04 Å². The van der Waals surface area contributed by atoms with Crippen molar-refractivity contribution in [2.24, 2.45) is 5.73 Å². The zero-order chi connectivity index (χ0) is 19.4. The molecule has 0 saturated carbocycles. The van der Waals surface area contributed by atoms with Gasteiger partial charge >= 0.3 is 0 Å². The van der Waals surface area contributed by atoms with Crippen molar-refractivity contribution in [1.82, 2.24) is 19.9 Å². The molecule has 0 aliphatic carbocycles. The Kier molecular flexibility index (Phi) is 5.62. The van der Waals surface area contributed by atoms with Gasteiger partial charge in [0.15, 0.2) is 17.1 Å². The van der Waals surface area contributed by atoms with Gasteiger partial charge in [-0.3, -0.25) is 4.79 Å². The maximum absolute atomic E-state index is 12.4. The summed E-state index contributed by atoms with van der Waals surface area (Å²) in [5.74, 6) is 1.15. The molecule has 2 heterocycles. The third kappa shape index (κ3) is 4.20. The van der Waals surface area contributed by atoms with Crippen molar-refractivity contribution in [3.05, 3.63) is 24.5 Å². The van der Waals surface area contributed by atoms with Crippen LogP contribution in [0.4, 0.5) is 11.6 Å². The predicted octanol–water partition coefficient (Wildman–Crippen LogP) is 1.01. The van der Waals surface area contributed by atoms with Crippen LogP contribution in [0.3, 0.4) is 0 Å². The molecule has 3 rings (SSSR count). The molecule has 3 aromatic rings. The summed E-state index contributed by atoms with van der Waals surface area (Å²) in [4.78, 5) is 27.6. The molecule has 0 radical (unpaired) electrons. The number of amides is 1. The number of hydrogen-bond donors (Lipinski definition) is 4. The summed E-state index contributed by atoms with van der Waals surface area (Å²) in [6.45, 7) is 0. The second-order valence-electron chi connectivity index (χ2n) is 5.46. The fraction of sp³-hybridized carbons (Fsp3) is 0.250. The SMILES string of the molecule is COc1ccc(NC(=O)[C@@H](N)CSc2nc(N)nc3nc[nH]c23)cc1OC. The van der Waals surface area contributed by atoms with Gasteiger partial charge < -0.3 is 31.2 Å². The zero-order valence-electron chi connectivity index (χ0n) is 14.7. The lowest BCUT2D eigenvalue weighted by atomic mass is 10.2. The summed E-state index contributed by atoms with van der Waals surface area (Å²) in [5, 5.41) is 3.34. The fourth-order valence-electron chi connectivity index (χ4n) is 2.32. The highest BCUT2D eigenvalue weighted by atomic mass is 32.2.